The maximum atomic E-state index is 12.1. The van der Waals surface area contributed by atoms with Crippen LogP contribution < -0.4 is 4.90 Å². The molecule has 0 N–H and O–H groups in total. The molecule has 0 aromatic carbocycles. The smallest absolute Gasteiger partial charge is 0.239 e. The molecule has 2 heterocycles. The van der Waals surface area contributed by atoms with Gasteiger partial charge in [0.05, 0.1) is 11.8 Å². The fraction of sp³-hybridized carbons (Fsp3) is 0.417. The molecule has 1 saturated heterocycles. The predicted molar refractivity (Wildman–Crippen MR) is 59.1 cm³/mol. The molecule has 0 radical (unpaired) electrons. The second-order valence-electron chi connectivity index (χ2n) is 4.46. The third kappa shape index (κ3) is 1.42. The summed E-state index contributed by atoms with van der Waals surface area (Å²) < 4.78 is 4.92. The summed E-state index contributed by atoms with van der Waals surface area (Å²) in [7, 11) is 0. The first-order valence-corrected chi connectivity index (χ1v) is 5.64. The minimum atomic E-state index is -0.218. The normalized spacial score (nSPS) is 27.7. The van der Waals surface area contributed by atoms with Gasteiger partial charge in [-0.1, -0.05) is 17.3 Å². The summed E-state index contributed by atoms with van der Waals surface area (Å²) in [6, 6.07) is 1.61. The van der Waals surface area contributed by atoms with Crippen molar-refractivity contribution in [2.75, 3.05) is 4.90 Å². The molecular formula is C12H12N2O3. The maximum absolute atomic E-state index is 12.1. The number of aryl methyl sites for hydroxylation is 1. The molecule has 2 amide bonds. The fourth-order valence-corrected chi connectivity index (χ4v) is 2.48. The molecule has 0 spiro atoms. The van der Waals surface area contributed by atoms with E-state index in [0.717, 1.165) is 0 Å². The SMILES string of the molecule is Cc1cc(N2C(=O)[C@H]3CC=CC[C@H]3C2=O)no1. The van der Waals surface area contributed by atoms with E-state index < -0.39 is 0 Å². The van der Waals surface area contributed by atoms with Crippen LogP contribution in [0.2, 0.25) is 0 Å². The second-order valence-corrected chi connectivity index (χ2v) is 4.46. The Morgan fingerprint density at radius 2 is 1.82 bits per heavy atom. The molecule has 2 atom stereocenters. The Balaban J connectivity index is 1.97. The lowest BCUT2D eigenvalue weighted by atomic mass is 9.85. The number of aromatic nitrogens is 1. The molecule has 0 saturated carbocycles. The number of fused-ring (bicyclic) bond motifs is 1. The van der Waals surface area contributed by atoms with Crippen LogP contribution in [0.4, 0.5) is 5.82 Å². The number of rotatable bonds is 1. The first-order valence-electron chi connectivity index (χ1n) is 5.64. The van der Waals surface area contributed by atoms with E-state index in [1.807, 2.05) is 12.2 Å². The standard InChI is InChI=1S/C12H12N2O3/c1-7-6-10(13-17-7)14-11(15)8-4-2-3-5-9(8)12(14)16/h2-3,6,8-9H,4-5H2,1H3/t8-,9+. The summed E-state index contributed by atoms with van der Waals surface area (Å²) in [5.74, 6) is 0.157. The van der Waals surface area contributed by atoms with Gasteiger partial charge in [-0.2, -0.15) is 0 Å². The molecule has 0 unspecified atom stereocenters. The highest BCUT2D eigenvalue weighted by Gasteiger charge is 2.48. The van der Waals surface area contributed by atoms with E-state index >= 15 is 0 Å². The number of carbonyl (C=O) groups is 2. The van der Waals surface area contributed by atoms with Crippen molar-refractivity contribution in [3.8, 4) is 0 Å². The van der Waals surface area contributed by atoms with Crippen LogP contribution in [0.5, 0.6) is 0 Å². The van der Waals surface area contributed by atoms with E-state index in [0.29, 0.717) is 24.4 Å². The minimum Gasteiger partial charge on any atom is -0.360 e. The number of allylic oxidation sites excluding steroid dienone is 2. The molecule has 5 heteroatoms. The van der Waals surface area contributed by atoms with Gasteiger partial charge in [0.15, 0.2) is 5.82 Å². The third-order valence-electron chi connectivity index (χ3n) is 3.35. The maximum Gasteiger partial charge on any atom is 0.239 e. The van der Waals surface area contributed by atoms with E-state index in [-0.39, 0.29) is 23.7 Å². The predicted octanol–water partition coefficient (Wildman–Crippen LogP) is 1.44. The molecule has 0 bridgehead atoms. The Hall–Kier alpha value is -1.91. The van der Waals surface area contributed by atoms with E-state index in [1.54, 1.807) is 13.0 Å². The van der Waals surface area contributed by atoms with E-state index in [4.69, 9.17) is 4.52 Å². The van der Waals surface area contributed by atoms with Crippen LogP contribution in [0.1, 0.15) is 18.6 Å². The molecule has 1 fully saturated rings. The molecule has 88 valence electrons. The summed E-state index contributed by atoms with van der Waals surface area (Å²) in [5, 5.41) is 3.75. The van der Waals surface area contributed by atoms with E-state index in [1.165, 1.54) is 4.90 Å². The average molecular weight is 232 g/mol. The van der Waals surface area contributed by atoms with Crippen molar-refractivity contribution in [2.24, 2.45) is 11.8 Å². The third-order valence-corrected chi connectivity index (χ3v) is 3.35. The number of carbonyl (C=O) groups excluding carboxylic acids is 2. The zero-order chi connectivity index (χ0) is 12.0. The van der Waals surface area contributed by atoms with Crippen LogP contribution in [-0.4, -0.2) is 17.0 Å². The van der Waals surface area contributed by atoms with Crippen LogP contribution in [0.3, 0.4) is 0 Å². The summed E-state index contributed by atoms with van der Waals surface area (Å²) in [5.41, 5.74) is 0. The van der Waals surface area contributed by atoms with Crippen LogP contribution in [0, 0.1) is 18.8 Å². The van der Waals surface area contributed by atoms with Crippen molar-refractivity contribution in [1.82, 2.24) is 5.16 Å². The first kappa shape index (κ1) is 10.3. The van der Waals surface area contributed by atoms with E-state index in [9.17, 15) is 9.59 Å². The first-order chi connectivity index (χ1) is 8.18. The van der Waals surface area contributed by atoms with E-state index in [2.05, 4.69) is 5.16 Å². The Morgan fingerprint density at radius 3 is 2.29 bits per heavy atom. The molecule has 3 rings (SSSR count). The van der Waals surface area contributed by atoms with Gasteiger partial charge in [0.2, 0.25) is 11.8 Å². The number of anilines is 1. The number of amides is 2. The Labute approximate surface area is 98.1 Å². The molecule has 5 nitrogen and oxygen atoms in total. The highest BCUT2D eigenvalue weighted by molar-refractivity contribution is 6.21. The Bertz CT molecular complexity index is 492. The summed E-state index contributed by atoms with van der Waals surface area (Å²) in [4.78, 5) is 25.5. The van der Waals surface area contributed by atoms with Gasteiger partial charge in [-0.05, 0) is 19.8 Å². The van der Waals surface area contributed by atoms with Gasteiger partial charge in [0.1, 0.15) is 5.76 Å². The van der Waals surface area contributed by atoms with Crippen molar-refractivity contribution in [3.63, 3.8) is 0 Å². The molecule has 1 aromatic heterocycles. The van der Waals surface area contributed by atoms with Gasteiger partial charge in [0.25, 0.3) is 0 Å². The van der Waals surface area contributed by atoms with Crippen LogP contribution in [0.15, 0.2) is 22.7 Å². The lowest BCUT2D eigenvalue weighted by molar-refractivity contribution is -0.122. The number of imide groups is 1. The van der Waals surface area contributed by atoms with Crippen molar-refractivity contribution in [2.45, 2.75) is 19.8 Å². The van der Waals surface area contributed by atoms with Gasteiger partial charge in [0, 0.05) is 6.07 Å². The zero-order valence-corrected chi connectivity index (χ0v) is 9.42. The number of hydrogen-bond donors (Lipinski definition) is 0. The van der Waals surface area contributed by atoms with Gasteiger partial charge < -0.3 is 4.52 Å². The van der Waals surface area contributed by atoms with Crippen LogP contribution in [-0.2, 0) is 9.59 Å². The fourth-order valence-electron chi connectivity index (χ4n) is 2.48. The van der Waals surface area contributed by atoms with Crippen molar-refractivity contribution in [1.29, 1.82) is 0 Å². The van der Waals surface area contributed by atoms with Crippen molar-refractivity contribution >= 4 is 17.6 Å². The lowest BCUT2D eigenvalue weighted by Crippen LogP contribution is -2.31. The lowest BCUT2D eigenvalue weighted by Gasteiger charge is -2.14. The van der Waals surface area contributed by atoms with Crippen molar-refractivity contribution < 1.29 is 14.1 Å². The molecule has 1 aromatic rings. The minimum absolute atomic E-state index is 0.155. The van der Waals surface area contributed by atoms with Gasteiger partial charge >= 0.3 is 0 Å². The monoisotopic (exact) mass is 232 g/mol. The van der Waals surface area contributed by atoms with Crippen LogP contribution in [0.25, 0.3) is 0 Å². The quantitative estimate of drug-likeness (QED) is 0.543. The topological polar surface area (TPSA) is 63.4 Å². The largest absolute Gasteiger partial charge is 0.360 e. The zero-order valence-electron chi connectivity index (χ0n) is 9.42. The summed E-state index contributed by atoms with van der Waals surface area (Å²) in [6.45, 7) is 1.73. The highest BCUT2D eigenvalue weighted by atomic mass is 16.5. The molecule has 2 aliphatic rings. The average Bonchev–Trinajstić information content (AvgIpc) is 2.84. The second kappa shape index (κ2) is 3.55. The molecular weight excluding hydrogens is 220 g/mol. The van der Waals surface area contributed by atoms with Crippen molar-refractivity contribution in [3.05, 3.63) is 24.0 Å². The number of hydrogen-bond acceptors (Lipinski definition) is 4. The molecule has 1 aliphatic heterocycles. The van der Waals surface area contributed by atoms with Gasteiger partial charge in [-0.25, -0.2) is 4.90 Å². The summed E-state index contributed by atoms with van der Waals surface area (Å²) in [6.07, 6.45) is 5.21. The molecule has 1 aliphatic carbocycles. The molecule has 17 heavy (non-hydrogen) atoms. The Kier molecular flexibility index (Phi) is 2.14. The number of nitrogens with zero attached hydrogens (tertiary/aromatic N) is 2. The van der Waals surface area contributed by atoms with Gasteiger partial charge in [-0.15, -0.1) is 0 Å². The Morgan fingerprint density at radius 1 is 1.24 bits per heavy atom. The summed E-state index contributed by atoms with van der Waals surface area (Å²) >= 11 is 0. The van der Waals surface area contributed by atoms with Crippen LogP contribution >= 0.6 is 0 Å². The van der Waals surface area contributed by atoms with Gasteiger partial charge in [-0.3, -0.25) is 9.59 Å². The highest BCUT2D eigenvalue weighted by Crippen LogP contribution is 2.37.